The van der Waals surface area contributed by atoms with E-state index in [1.54, 1.807) is 18.2 Å². The molecule has 3 N–H and O–H groups in total. The van der Waals surface area contributed by atoms with Gasteiger partial charge in [0.15, 0.2) is 0 Å². The molecular weight excluding hydrogens is 356 g/mol. The molecule has 2 aromatic carbocycles. The molecule has 3 aromatic rings. The molecule has 0 radical (unpaired) electrons. The molecule has 1 atom stereocenters. The first-order valence-corrected chi connectivity index (χ1v) is 9.02. The van der Waals surface area contributed by atoms with E-state index in [2.05, 4.69) is 5.32 Å². The van der Waals surface area contributed by atoms with Gasteiger partial charge in [-0.15, -0.1) is 0 Å². The molecule has 4 rings (SSSR count). The first-order valence-electron chi connectivity index (χ1n) is 9.02. The summed E-state index contributed by atoms with van der Waals surface area (Å²) < 4.78 is 1.93. The summed E-state index contributed by atoms with van der Waals surface area (Å²) in [6, 6.07) is 14.9. The Hall–Kier alpha value is -3.22. The molecule has 6 nitrogen and oxygen atoms in total. The summed E-state index contributed by atoms with van der Waals surface area (Å²) in [5, 5.41) is 22.1. The Kier molecular flexibility index (Phi) is 4.58. The fourth-order valence-corrected chi connectivity index (χ4v) is 3.72. The molecule has 28 heavy (non-hydrogen) atoms. The van der Waals surface area contributed by atoms with Crippen molar-refractivity contribution in [3.05, 3.63) is 71.4 Å². The van der Waals surface area contributed by atoms with Gasteiger partial charge in [0, 0.05) is 36.1 Å². The van der Waals surface area contributed by atoms with Crippen LogP contribution in [0.2, 0.25) is 0 Å². The zero-order chi connectivity index (χ0) is 19.8. The van der Waals surface area contributed by atoms with Crippen LogP contribution in [0.1, 0.15) is 16.7 Å². The van der Waals surface area contributed by atoms with Crippen LogP contribution >= 0.6 is 0 Å². The van der Waals surface area contributed by atoms with Crippen molar-refractivity contribution in [2.45, 2.75) is 12.5 Å². The molecule has 2 amide bonds. The monoisotopic (exact) mass is 376 g/mol. The molecule has 0 unspecified atom stereocenters. The van der Waals surface area contributed by atoms with Crippen molar-refractivity contribution >= 4 is 33.9 Å². The number of para-hydroxylation sites is 1. The average molecular weight is 376 g/mol. The van der Waals surface area contributed by atoms with E-state index in [0.717, 1.165) is 16.5 Å². The molecule has 6 heteroatoms. The standard InChI is InChI=1S/C22H20N2O4/c1-24-11-17(16-7-2-3-8-18(16)24)20-19(21(27)23-22(20)28)14-6-4-5-13(9-14)10-15(26)12-25/h2-9,11,15,25-26H,10,12H2,1H3,(H,23,27,28)/t15-/m0/s1. The number of rotatable bonds is 5. The van der Waals surface area contributed by atoms with Crippen molar-refractivity contribution in [3.8, 4) is 0 Å². The summed E-state index contributed by atoms with van der Waals surface area (Å²) in [6.45, 7) is -0.340. The van der Waals surface area contributed by atoms with E-state index >= 15 is 0 Å². The molecule has 1 aromatic heterocycles. The maximum atomic E-state index is 12.7. The summed E-state index contributed by atoms with van der Waals surface area (Å²) in [5.41, 5.74) is 3.72. The van der Waals surface area contributed by atoms with Crippen LogP contribution in [0.5, 0.6) is 0 Å². The van der Waals surface area contributed by atoms with Gasteiger partial charge in [-0.2, -0.15) is 0 Å². The molecule has 2 heterocycles. The third-order valence-corrected chi connectivity index (χ3v) is 5.00. The van der Waals surface area contributed by atoms with Gasteiger partial charge in [-0.05, 0) is 17.2 Å². The lowest BCUT2D eigenvalue weighted by Crippen LogP contribution is -2.22. The Balaban J connectivity index is 1.90. The quantitative estimate of drug-likeness (QED) is 0.591. The fraction of sp³-hybridized carbons (Fsp3) is 0.182. The second-order valence-corrected chi connectivity index (χ2v) is 6.94. The number of benzene rings is 2. The van der Waals surface area contributed by atoms with Crippen LogP contribution in [0.4, 0.5) is 0 Å². The first-order chi connectivity index (χ1) is 13.5. The topological polar surface area (TPSA) is 91.6 Å². The Labute approximate surface area is 161 Å². The largest absolute Gasteiger partial charge is 0.394 e. The van der Waals surface area contributed by atoms with Gasteiger partial charge in [-0.3, -0.25) is 14.9 Å². The maximum Gasteiger partial charge on any atom is 0.259 e. The number of hydrogen-bond donors (Lipinski definition) is 3. The predicted octanol–water partition coefficient (Wildman–Crippen LogP) is 1.64. The van der Waals surface area contributed by atoms with Crippen molar-refractivity contribution in [2.24, 2.45) is 7.05 Å². The lowest BCUT2D eigenvalue weighted by molar-refractivity contribution is -0.122. The van der Waals surface area contributed by atoms with Crippen LogP contribution in [0, 0.1) is 0 Å². The van der Waals surface area contributed by atoms with Crippen molar-refractivity contribution in [1.82, 2.24) is 9.88 Å². The number of aliphatic hydroxyl groups is 2. The Morgan fingerprint density at radius 3 is 2.57 bits per heavy atom. The first kappa shape index (κ1) is 18.2. The SMILES string of the molecule is Cn1cc(C2=C(c3cccc(C[C@H](O)CO)c3)C(=O)NC2=O)c2ccccc21. The van der Waals surface area contributed by atoms with Crippen LogP contribution in [-0.4, -0.2) is 39.3 Å². The summed E-state index contributed by atoms with van der Waals surface area (Å²) in [4.78, 5) is 25.3. The van der Waals surface area contributed by atoms with Crippen molar-refractivity contribution in [1.29, 1.82) is 0 Å². The van der Waals surface area contributed by atoms with Gasteiger partial charge in [0.1, 0.15) is 0 Å². The van der Waals surface area contributed by atoms with Gasteiger partial charge in [0.05, 0.1) is 23.9 Å². The van der Waals surface area contributed by atoms with E-state index < -0.39 is 17.9 Å². The van der Waals surface area contributed by atoms with Crippen LogP contribution in [-0.2, 0) is 23.1 Å². The number of hydrogen-bond acceptors (Lipinski definition) is 4. The van der Waals surface area contributed by atoms with Gasteiger partial charge in [-0.1, -0.05) is 42.5 Å². The van der Waals surface area contributed by atoms with Crippen LogP contribution in [0.25, 0.3) is 22.0 Å². The van der Waals surface area contributed by atoms with E-state index in [1.165, 1.54) is 0 Å². The minimum Gasteiger partial charge on any atom is -0.394 e. The molecule has 1 aliphatic heterocycles. The van der Waals surface area contributed by atoms with Crippen molar-refractivity contribution in [2.75, 3.05) is 6.61 Å². The van der Waals surface area contributed by atoms with E-state index in [1.807, 2.05) is 48.1 Å². The van der Waals surface area contributed by atoms with Crippen LogP contribution in [0.3, 0.4) is 0 Å². The molecule has 0 aliphatic carbocycles. The number of imide groups is 1. The number of nitrogens with one attached hydrogen (secondary N) is 1. The smallest absolute Gasteiger partial charge is 0.259 e. The minimum absolute atomic E-state index is 0.261. The molecule has 0 saturated heterocycles. The maximum absolute atomic E-state index is 12.7. The lowest BCUT2D eigenvalue weighted by atomic mass is 9.94. The van der Waals surface area contributed by atoms with Crippen LogP contribution < -0.4 is 5.32 Å². The summed E-state index contributed by atoms with van der Waals surface area (Å²) in [7, 11) is 1.90. The normalized spacial score (nSPS) is 15.4. The van der Waals surface area contributed by atoms with E-state index in [4.69, 9.17) is 5.11 Å². The number of carbonyl (C=O) groups is 2. The summed E-state index contributed by atoms with van der Waals surface area (Å²) >= 11 is 0. The van der Waals surface area contributed by atoms with Crippen molar-refractivity contribution in [3.63, 3.8) is 0 Å². The molecule has 1 aliphatic rings. The number of aryl methyl sites for hydroxylation is 1. The summed E-state index contributed by atoms with van der Waals surface area (Å²) in [5.74, 6) is -0.857. The molecular formula is C22H20N2O4. The highest BCUT2D eigenvalue weighted by molar-refractivity contribution is 6.50. The number of aliphatic hydroxyl groups excluding tert-OH is 2. The van der Waals surface area contributed by atoms with Gasteiger partial charge in [-0.25, -0.2) is 0 Å². The zero-order valence-electron chi connectivity index (χ0n) is 15.3. The summed E-state index contributed by atoms with van der Waals surface area (Å²) in [6.07, 6.45) is 1.25. The molecule has 0 spiro atoms. The average Bonchev–Trinajstić information content (AvgIpc) is 3.17. The fourth-order valence-electron chi connectivity index (χ4n) is 3.72. The molecule has 0 saturated carbocycles. The zero-order valence-corrected chi connectivity index (χ0v) is 15.3. The molecule has 0 bridgehead atoms. The highest BCUT2D eigenvalue weighted by Crippen LogP contribution is 2.35. The third kappa shape index (κ3) is 3.02. The number of aromatic nitrogens is 1. The molecule has 0 fully saturated rings. The van der Waals surface area contributed by atoms with E-state index in [0.29, 0.717) is 22.3 Å². The third-order valence-electron chi connectivity index (χ3n) is 5.00. The number of nitrogens with zero attached hydrogens (tertiary/aromatic N) is 1. The predicted molar refractivity (Wildman–Crippen MR) is 106 cm³/mol. The number of carbonyl (C=O) groups excluding carboxylic acids is 2. The van der Waals surface area contributed by atoms with Gasteiger partial charge in [0.2, 0.25) is 0 Å². The highest BCUT2D eigenvalue weighted by Gasteiger charge is 2.33. The Morgan fingerprint density at radius 1 is 1.04 bits per heavy atom. The second-order valence-electron chi connectivity index (χ2n) is 6.94. The second kappa shape index (κ2) is 7.07. The lowest BCUT2D eigenvalue weighted by Gasteiger charge is -2.09. The van der Waals surface area contributed by atoms with Gasteiger partial charge >= 0.3 is 0 Å². The van der Waals surface area contributed by atoms with E-state index in [9.17, 15) is 14.7 Å². The van der Waals surface area contributed by atoms with Gasteiger partial charge in [0.25, 0.3) is 11.8 Å². The molecule has 142 valence electrons. The van der Waals surface area contributed by atoms with E-state index in [-0.39, 0.29) is 13.0 Å². The number of fused-ring (bicyclic) bond motifs is 1. The van der Waals surface area contributed by atoms with Gasteiger partial charge < -0.3 is 14.8 Å². The van der Waals surface area contributed by atoms with Crippen molar-refractivity contribution < 1.29 is 19.8 Å². The number of amides is 2. The van der Waals surface area contributed by atoms with Crippen LogP contribution in [0.15, 0.2) is 54.7 Å². The highest BCUT2D eigenvalue weighted by atomic mass is 16.3. The Bertz CT molecular complexity index is 1130. The minimum atomic E-state index is -0.874. The Morgan fingerprint density at radius 2 is 1.79 bits per heavy atom.